The minimum absolute atomic E-state index is 0.313. The van der Waals surface area contributed by atoms with Crippen molar-refractivity contribution < 1.29 is 23.7 Å². The average molecular weight is 341 g/mol. The van der Waals surface area contributed by atoms with Gasteiger partial charge in [0.2, 0.25) is 5.75 Å². The molecule has 6 nitrogen and oxygen atoms in total. The Bertz CT molecular complexity index is 795. The Hall–Kier alpha value is -3.20. The lowest BCUT2D eigenvalue weighted by Gasteiger charge is -2.12. The van der Waals surface area contributed by atoms with Gasteiger partial charge in [-0.1, -0.05) is 5.92 Å². The Labute approximate surface area is 146 Å². The Kier molecular flexibility index (Phi) is 6.24. The number of hydrogen-bond acceptors (Lipinski definition) is 6. The molecular weight excluding hydrogens is 322 g/mol. The molecule has 0 unspecified atom stereocenters. The van der Waals surface area contributed by atoms with E-state index in [2.05, 4.69) is 16.8 Å². The molecule has 0 saturated carbocycles. The molecular formula is C19H19NO5. The van der Waals surface area contributed by atoms with Crippen molar-refractivity contribution in [2.24, 2.45) is 0 Å². The van der Waals surface area contributed by atoms with Crippen molar-refractivity contribution in [3.63, 3.8) is 0 Å². The molecule has 0 radical (unpaired) electrons. The summed E-state index contributed by atoms with van der Waals surface area (Å²) in [6, 6.07) is 6.65. The highest BCUT2D eigenvalue weighted by Crippen LogP contribution is 2.37. The quantitative estimate of drug-likeness (QED) is 0.615. The summed E-state index contributed by atoms with van der Waals surface area (Å²) >= 11 is 0. The van der Waals surface area contributed by atoms with Crippen molar-refractivity contribution in [2.45, 2.75) is 6.92 Å². The lowest BCUT2D eigenvalue weighted by molar-refractivity contribution is 0.0526. The van der Waals surface area contributed by atoms with Crippen LogP contribution in [0.25, 0.3) is 0 Å². The molecule has 0 spiro atoms. The maximum atomic E-state index is 11.8. The molecule has 2 aromatic rings. The lowest BCUT2D eigenvalue weighted by atomic mass is 10.1. The standard InChI is InChI=1S/C19H19NO5/c1-5-25-19(21)14-8-9-20-15(12-14)7-6-13-10-16(22-2)18(24-4)17(11-13)23-3/h8-12H,5H2,1-4H3. The third-order valence-corrected chi connectivity index (χ3v) is 3.27. The summed E-state index contributed by atoms with van der Waals surface area (Å²) < 4.78 is 20.8. The molecule has 0 amide bonds. The van der Waals surface area contributed by atoms with E-state index in [0.717, 1.165) is 0 Å². The molecule has 1 aromatic heterocycles. The molecule has 1 aromatic carbocycles. The zero-order valence-corrected chi connectivity index (χ0v) is 14.6. The van der Waals surface area contributed by atoms with Crippen LogP contribution in [0, 0.1) is 11.8 Å². The minimum atomic E-state index is -0.402. The summed E-state index contributed by atoms with van der Waals surface area (Å²) in [5.41, 5.74) is 1.53. The van der Waals surface area contributed by atoms with Crippen molar-refractivity contribution in [3.8, 4) is 29.1 Å². The van der Waals surface area contributed by atoms with E-state index in [-0.39, 0.29) is 0 Å². The van der Waals surface area contributed by atoms with Gasteiger partial charge in [0.15, 0.2) is 11.5 Å². The highest BCUT2D eigenvalue weighted by Gasteiger charge is 2.12. The smallest absolute Gasteiger partial charge is 0.338 e. The third-order valence-electron chi connectivity index (χ3n) is 3.27. The monoisotopic (exact) mass is 341 g/mol. The van der Waals surface area contributed by atoms with Crippen molar-refractivity contribution >= 4 is 5.97 Å². The first-order valence-electron chi connectivity index (χ1n) is 7.58. The van der Waals surface area contributed by atoms with Gasteiger partial charge in [-0.3, -0.25) is 0 Å². The van der Waals surface area contributed by atoms with Crippen LogP contribution in [0.5, 0.6) is 17.2 Å². The average Bonchev–Trinajstić information content (AvgIpc) is 2.65. The summed E-state index contributed by atoms with van der Waals surface area (Å²) in [6.07, 6.45) is 1.52. The molecule has 2 rings (SSSR count). The van der Waals surface area contributed by atoms with Crippen molar-refractivity contribution in [1.29, 1.82) is 0 Å². The number of aromatic nitrogens is 1. The molecule has 0 saturated heterocycles. The van der Waals surface area contributed by atoms with E-state index in [1.807, 2.05) is 0 Å². The van der Waals surface area contributed by atoms with Crippen LogP contribution in [0.3, 0.4) is 0 Å². The predicted molar refractivity (Wildman–Crippen MR) is 92.3 cm³/mol. The van der Waals surface area contributed by atoms with Crippen LogP contribution >= 0.6 is 0 Å². The number of rotatable bonds is 5. The zero-order valence-electron chi connectivity index (χ0n) is 14.6. The minimum Gasteiger partial charge on any atom is -0.493 e. The normalized spacial score (nSPS) is 9.60. The number of benzene rings is 1. The summed E-state index contributed by atoms with van der Waals surface area (Å²) in [6.45, 7) is 2.07. The predicted octanol–water partition coefficient (Wildman–Crippen LogP) is 2.68. The van der Waals surface area contributed by atoms with Gasteiger partial charge >= 0.3 is 5.97 Å². The number of esters is 1. The second-order valence-corrected chi connectivity index (χ2v) is 4.81. The van der Waals surface area contributed by atoms with Gasteiger partial charge in [0.1, 0.15) is 5.69 Å². The highest BCUT2D eigenvalue weighted by atomic mass is 16.5. The van der Waals surface area contributed by atoms with Gasteiger partial charge in [-0.25, -0.2) is 9.78 Å². The van der Waals surface area contributed by atoms with Gasteiger partial charge in [-0.05, 0) is 37.1 Å². The summed E-state index contributed by atoms with van der Waals surface area (Å²) in [7, 11) is 4.62. The number of nitrogens with zero attached hydrogens (tertiary/aromatic N) is 1. The van der Waals surface area contributed by atoms with Crippen LogP contribution in [-0.2, 0) is 4.74 Å². The van der Waals surface area contributed by atoms with Gasteiger partial charge < -0.3 is 18.9 Å². The van der Waals surface area contributed by atoms with Gasteiger partial charge in [-0.15, -0.1) is 0 Å². The molecule has 0 atom stereocenters. The fourth-order valence-electron chi connectivity index (χ4n) is 2.13. The number of ether oxygens (including phenoxy) is 4. The topological polar surface area (TPSA) is 66.9 Å². The van der Waals surface area contributed by atoms with Crippen LogP contribution in [0.2, 0.25) is 0 Å². The van der Waals surface area contributed by atoms with E-state index in [9.17, 15) is 4.79 Å². The Morgan fingerprint density at radius 1 is 1.04 bits per heavy atom. The molecule has 0 aliphatic rings. The number of pyridine rings is 1. The lowest BCUT2D eigenvalue weighted by Crippen LogP contribution is -2.05. The fraction of sp³-hybridized carbons (Fsp3) is 0.263. The fourth-order valence-corrected chi connectivity index (χ4v) is 2.13. The van der Waals surface area contributed by atoms with Gasteiger partial charge in [0.05, 0.1) is 33.5 Å². The number of carbonyl (C=O) groups excluding carboxylic acids is 1. The molecule has 1 heterocycles. The maximum absolute atomic E-state index is 11.8. The van der Waals surface area contributed by atoms with E-state index in [4.69, 9.17) is 18.9 Å². The third kappa shape index (κ3) is 4.42. The van der Waals surface area contributed by atoms with Crippen molar-refractivity contribution in [1.82, 2.24) is 4.98 Å². The summed E-state index contributed by atoms with van der Waals surface area (Å²) in [4.78, 5) is 15.9. The molecule has 6 heteroatoms. The Morgan fingerprint density at radius 2 is 1.72 bits per heavy atom. The largest absolute Gasteiger partial charge is 0.493 e. The van der Waals surface area contributed by atoms with Crippen molar-refractivity contribution in [2.75, 3.05) is 27.9 Å². The van der Waals surface area contributed by atoms with E-state index >= 15 is 0 Å². The van der Waals surface area contributed by atoms with E-state index in [1.165, 1.54) is 13.3 Å². The van der Waals surface area contributed by atoms with Gasteiger partial charge in [-0.2, -0.15) is 0 Å². The molecule has 130 valence electrons. The molecule has 0 bridgehead atoms. The van der Waals surface area contributed by atoms with E-state index in [0.29, 0.717) is 40.7 Å². The summed E-state index contributed by atoms with van der Waals surface area (Å²) in [5, 5.41) is 0. The maximum Gasteiger partial charge on any atom is 0.338 e. The highest BCUT2D eigenvalue weighted by molar-refractivity contribution is 5.89. The molecule has 25 heavy (non-hydrogen) atoms. The molecule has 0 aliphatic heterocycles. The first-order valence-corrected chi connectivity index (χ1v) is 7.58. The number of hydrogen-bond donors (Lipinski definition) is 0. The van der Waals surface area contributed by atoms with Crippen LogP contribution in [0.15, 0.2) is 30.5 Å². The van der Waals surface area contributed by atoms with Crippen LogP contribution < -0.4 is 14.2 Å². The second kappa shape index (κ2) is 8.60. The van der Waals surface area contributed by atoms with Gasteiger partial charge in [0.25, 0.3) is 0 Å². The van der Waals surface area contributed by atoms with Crippen molar-refractivity contribution in [3.05, 3.63) is 47.3 Å². The van der Waals surface area contributed by atoms with Crippen LogP contribution in [-0.4, -0.2) is 38.9 Å². The SMILES string of the molecule is CCOC(=O)c1ccnc(C#Cc2cc(OC)c(OC)c(OC)c2)c1. The first-order chi connectivity index (χ1) is 12.1. The molecule has 0 aliphatic carbocycles. The van der Waals surface area contributed by atoms with Gasteiger partial charge in [0, 0.05) is 11.8 Å². The molecule has 0 N–H and O–H groups in total. The Balaban J connectivity index is 2.35. The van der Waals surface area contributed by atoms with E-state index < -0.39 is 5.97 Å². The second-order valence-electron chi connectivity index (χ2n) is 4.81. The van der Waals surface area contributed by atoms with Crippen LogP contribution in [0.4, 0.5) is 0 Å². The number of carbonyl (C=O) groups is 1. The molecule has 0 fully saturated rings. The van der Waals surface area contributed by atoms with Crippen LogP contribution in [0.1, 0.15) is 28.5 Å². The zero-order chi connectivity index (χ0) is 18.2. The first kappa shape index (κ1) is 18.1. The van der Waals surface area contributed by atoms with E-state index in [1.54, 1.807) is 45.4 Å². The summed E-state index contributed by atoms with van der Waals surface area (Å²) in [5.74, 6) is 7.02. The number of methoxy groups -OCH3 is 3. The Morgan fingerprint density at radius 3 is 2.28 bits per heavy atom.